The molecular weight excluding hydrogens is 388 g/mol. The fourth-order valence-electron chi connectivity index (χ4n) is 8.47. The standard InChI is InChI=1S/C22H26N2O6/c1-19(2)6-5-7-20(3)16-15-11-22(19,20)18(21(15,16)4)30-17(25)12-8-13(23(26)27)10-14(9-12)24(28)29/h8-10,15-16,18H,5-7,11H2,1-4H3/t15?,16-,18+,20-,21-,22-/m1/s1. The van der Waals surface area contributed by atoms with E-state index in [-0.39, 0.29) is 33.3 Å². The predicted octanol–water partition coefficient (Wildman–Crippen LogP) is 4.90. The number of hydrogen-bond acceptors (Lipinski definition) is 6. The van der Waals surface area contributed by atoms with Crippen molar-refractivity contribution in [2.24, 2.45) is 33.5 Å². The Morgan fingerprint density at radius 3 is 2.20 bits per heavy atom. The van der Waals surface area contributed by atoms with Gasteiger partial charge in [0.1, 0.15) is 6.10 Å². The minimum Gasteiger partial charge on any atom is -0.458 e. The third kappa shape index (κ3) is 1.95. The molecule has 0 amide bonds. The number of rotatable bonds is 4. The third-order valence-corrected chi connectivity index (χ3v) is 9.51. The van der Waals surface area contributed by atoms with Crippen molar-refractivity contribution >= 4 is 17.3 Å². The molecule has 1 unspecified atom stereocenters. The van der Waals surface area contributed by atoms with E-state index in [0.717, 1.165) is 37.5 Å². The molecule has 1 aromatic rings. The van der Waals surface area contributed by atoms with Gasteiger partial charge in [-0.3, -0.25) is 20.2 Å². The van der Waals surface area contributed by atoms with Crippen molar-refractivity contribution in [1.82, 2.24) is 0 Å². The summed E-state index contributed by atoms with van der Waals surface area (Å²) < 4.78 is 6.15. The first-order valence-corrected chi connectivity index (χ1v) is 10.5. The highest BCUT2D eigenvalue weighted by molar-refractivity contribution is 5.91. The molecule has 6 rings (SSSR count). The SMILES string of the molecule is CC1(C)CCC[C@]2(C)[C@H]3C4C[C@@]12[C@@H](OC(=O)c1cc([N+](=O)[O-])cc([N+](=O)[O-])c1)[C@]43C. The summed E-state index contributed by atoms with van der Waals surface area (Å²) in [5, 5.41) is 22.4. The molecule has 6 atom stereocenters. The Morgan fingerprint density at radius 2 is 1.63 bits per heavy atom. The average Bonchev–Trinajstić information content (AvgIpc) is 2.91. The lowest BCUT2D eigenvalue weighted by molar-refractivity contribution is -0.394. The van der Waals surface area contributed by atoms with Crippen molar-refractivity contribution in [2.75, 3.05) is 0 Å². The van der Waals surface area contributed by atoms with Crippen LogP contribution in [0.1, 0.15) is 63.7 Å². The van der Waals surface area contributed by atoms with Gasteiger partial charge in [-0.15, -0.1) is 0 Å². The number of benzene rings is 1. The summed E-state index contributed by atoms with van der Waals surface area (Å²) in [6, 6.07) is 3.01. The quantitative estimate of drug-likeness (QED) is 0.393. The normalized spacial score (nSPS) is 41.8. The first-order valence-electron chi connectivity index (χ1n) is 10.5. The van der Waals surface area contributed by atoms with Gasteiger partial charge >= 0.3 is 5.97 Å². The lowest BCUT2D eigenvalue weighted by Gasteiger charge is -2.57. The molecule has 0 saturated heterocycles. The van der Waals surface area contributed by atoms with Crippen molar-refractivity contribution in [3.8, 4) is 0 Å². The van der Waals surface area contributed by atoms with E-state index in [1.165, 1.54) is 6.42 Å². The number of carbonyl (C=O) groups excluding carboxylic acids is 1. The van der Waals surface area contributed by atoms with Crippen LogP contribution in [0.3, 0.4) is 0 Å². The Hall–Kier alpha value is -2.51. The summed E-state index contributed by atoms with van der Waals surface area (Å²) >= 11 is 0. The molecule has 8 heteroatoms. The number of carbonyl (C=O) groups is 1. The van der Waals surface area contributed by atoms with E-state index in [1.807, 2.05) is 0 Å². The molecule has 5 aliphatic carbocycles. The molecule has 0 radical (unpaired) electrons. The van der Waals surface area contributed by atoms with E-state index >= 15 is 0 Å². The number of esters is 1. The molecule has 30 heavy (non-hydrogen) atoms. The van der Waals surface area contributed by atoms with Crippen LogP contribution in [-0.4, -0.2) is 21.9 Å². The molecule has 1 aromatic carbocycles. The molecule has 5 fully saturated rings. The molecule has 0 aromatic heterocycles. The highest BCUT2D eigenvalue weighted by Crippen LogP contribution is 2.94. The van der Waals surface area contributed by atoms with Crippen LogP contribution < -0.4 is 0 Å². The zero-order chi connectivity index (χ0) is 21.9. The molecule has 8 nitrogen and oxygen atoms in total. The minimum atomic E-state index is -0.728. The monoisotopic (exact) mass is 414 g/mol. The maximum absolute atomic E-state index is 13.1. The minimum absolute atomic E-state index is 0.0148. The molecule has 5 aliphatic rings. The second kappa shape index (κ2) is 5.39. The van der Waals surface area contributed by atoms with E-state index in [1.54, 1.807) is 0 Å². The maximum atomic E-state index is 13.1. The van der Waals surface area contributed by atoms with E-state index in [4.69, 9.17) is 4.74 Å². The smallest absolute Gasteiger partial charge is 0.338 e. The highest BCUT2D eigenvalue weighted by Gasteiger charge is 2.94. The van der Waals surface area contributed by atoms with E-state index < -0.39 is 27.2 Å². The first-order chi connectivity index (χ1) is 13.9. The Balaban J connectivity index is 1.54. The Labute approximate surface area is 174 Å². The molecule has 0 aliphatic heterocycles. The zero-order valence-electron chi connectivity index (χ0n) is 17.6. The van der Waals surface area contributed by atoms with Gasteiger partial charge in [-0.05, 0) is 41.9 Å². The molecule has 160 valence electrons. The summed E-state index contributed by atoms with van der Waals surface area (Å²) in [6.45, 7) is 9.13. The van der Waals surface area contributed by atoms with Crippen molar-refractivity contribution < 1.29 is 19.4 Å². The topological polar surface area (TPSA) is 113 Å². The predicted molar refractivity (Wildman–Crippen MR) is 107 cm³/mol. The summed E-state index contributed by atoms with van der Waals surface area (Å²) in [5.74, 6) is 0.364. The van der Waals surface area contributed by atoms with Gasteiger partial charge in [0.25, 0.3) is 11.4 Å². The van der Waals surface area contributed by atoms with Crippen molar-refractivity contribution in [3.63, 3.8) is 0 Å². The Morgan fingerprint density at radius 1 is 1.03 bits per heavy atom. The van der Waals surface area contributed by atoms with Gasteiger partial charge in [0.2, 0.25) is 0 Å². The molecule has 5 saturated carbocycles. The third-order valence-electron chi connectivity index (χ3n) is 9.51. The second-order valence-corrected chi connectivity index (χ2v) is 10.8. The molecule has 0 N–H and O–H groups in total. The Kier molecular flexibility index (Phi) is 3.50. The lowest BCUT2D eigenvalue weighted by atomic mass is 9.48. The number of nitrogens with zero attached hydrogens (tertiary/aromatic N) is 2. The van der Waals surface area contributed by atoms with Gasteiger partial charge in [-0.2, -0.15) is 0 Å². The second-order valence-electron chi connectivity index (χ2n) is 10.8. The fourth-order valence-corrected chi connectivity index (χ4v) is 8.47. The van der Waals surface area contributed by atoms with E-state index in [2.05, 4.69) is 27.7 Å². The summed E-state index contributed by atoms with van der Waals surface area (Å²) in [6.07, 6.45) is 4.15. The first kappa shape index (κ1) is 19.5. The number of ether oxygens (including phenoxy) is 1. The maximum Gasteiger partial charge on any atom is 0.338 e. The van der Waals surface area contributed by atoms with Gasteiger partial charge in [0.05, 0.1) is 21.5 Å². The van der Waals surface area contributed by atoms with Crippen molar-refractivity contribution in [1.29, 1.82) is 0 Å². The number of nitro groups is 2. The molecule has 0 heterocycles. The molecular formula is C22H26N2O6. The van der Waals surface area contributed by atoms with Crippen molar-refractivity contribution in [3.05, 3.63) is 44.0 Å². The molecule has 1 spiro atoms. The van der Waals surface area contributed by atoms with Gasteiger partial charge in [-0.1, -0.05) is 34.1 Å². The van der Waals surface area contributed by atoms with Crippen LogP contribution in [0.4, 0.5) is 11.4 Å². The average molecular weight is 414 g/mol. The van der Waals surface area contributed by atoms with Crippen LogP contribution in [0.15, 0.2) is 18.2 Å². The van der Waals surface area contributed by atoms with Gasteiger partial charge in [0.15, 0.2) is 0 Å². The number of nitro benzene ring substituents is 2. The van der Waals surface area contributed by atoms with Crippen LogP contribution in [0.25, 0.3) is 0 Å². The van der Waals surface area contributed by atoms with Crippen molar-refractivity contribution in [2.45, 2.75) is 59.5 Å². The lowest BCUT2D eigenvalue weighted by Crippen LogP contribution is -2.54. The summed E-state index contributed by atoms with van der Waals surface area (Å²) in [4.78, 5) is 34.1. The van der Waals surface area contributed by atoms with Crippen LogP contribution in [0.2, 0.25) is 0 Å². The summed E-state index contributed by atoms with van der Waals surface area (Å²) in [5.41, 5.74) is -1.16. The van der Waals surface area contributed by atoms with Gasteiger partial charge in [-0.25, -0.2) is 4.79 Å². The van der Waals surface area contributed by atoms with Gasteiger partial charge < -0.3 is 4.74 Å². The van der Waals surface area contributed by atoms with E-state index in [0.29, 0.717) is 11.8 Å². The number of hydrogen-bond donors (Lipinski definition) is 0. The largest absolute Gasteiger partial charge is 0.458 e. The van der Waals surface area contributed by atoms with Crippen LogP contribution in [0.5, 0.6) is 0 Å². The van der Waals surface area contributed by atoms with Gasteiger partial charge in [0, 0.05) is 23.0 Å². The van der Waals surface area contributed by atoms with Crippen LogP contribution >= 0.6 is 0 Å². The summed E-state index contributed by atoms with van der Waals surface area (Å²) in [7, 11) is 0. The molecule has 4 bridgehead atoms. The Bertz CT molecular complexity index is 989. The number of non-ortho nitro benzene ring substituents is 2. The van der Waals surface area contributed by atoms with E-state index in [9.17, 15) is 25.0 Å². The highest BCUT2D eigenvalue weighted by atomic mass is 16.6. The van der Waals surface area contributed by atoms with Crippen LogP contribution in [0, 0.1) is 53.7 Å². The van der Waals surface area contributed by atoms with Crippen LogP contribution in [-0.2, 0) is 4.74 Å². The fraction of sp³-hybridized carbons (Fsp3) is 0.682. The zero-order valence-corrected chi connectivity index (χ0v) is 17.6.